The molecule has 0 saturated carbocycles. The van der Waals surface area contributed by atoms with E-state index in [2.05, 4.69) is 61.3 Å². The number of hydrogen-bond donors (Lipinski definition) is 2. The number of carbonyl (C=O) groups excluding carboxylic acids is 1. The average molecular weight is 549 g/mol. The number of carbonyl (C=O) groups is 1. The Labute approximate surface area is 242 Å². The molecule has 4 aromatic rings. The zero-order chi connectivity index (χ0) is 28.0. The third kappa shape index (κ3) is 6.73. The highest BCUT2D eigenvalue weighted by Gasteiger charge is 2.21. The van der Waals surface area contributed by atoms with Gasteiger partial charge in [0.25, 0.3) is 0 Å². The van der Waals surface area contributed by atoms with Gasteiger partial charge in [-0.15, -0.1) is 0 Å². The van der Waals surface area contributed by atoms with Gasteiger partial charge in [-0.25, -0.2) is 0 Å². The predicted octanol–water partition coefficient (Wildman–Crippen LogP) is 5.61. The van der Waals surface area contributed by atoms with Gasteiger partial charge < -0.3 is 14.9 Å². The van der Waals surface area contributed by atoms with Gasteiger partial charge in [-0.3, -0.25) is 14.6 Å². The summed E-state index contributed by atoms with van der Waals surface area (Å²) in [5.41, 5.74) is 6.47. The Balaban J connectivity index is 0.921. The van der Waals surface area contributed by atoms with E-state index in [0.29, 0.717) is 17.9 Å². The van der Waals surface area contributed by atoms with Crippen LogP contribution in [0.25, 0.3) is 10.9 Å². The molecular formula is C34H40N6O. The summed E-state index contributed by atoms with van der Waals surface area (Å²) >= 11 is 0. The van der Waals surface area contributed by atoms with E-state index in [4.69, 9.17) is 0 Å². The molecule has 41 heavy (non-hydrogen) atoms. The van der Waals surface area contributed by atoms with Crippen LogP contribution in [0, 0.1) is 17.2 Å². The summed E-state index contributed by atoms with van der Waals surface area (Å²) in [6, 6.07) is 18.5. The van der Waals surface area contributed by atoms with Crippen molar-refractivity contribution in [3.05, 3.63) is 89.4 Å². The maximum Gasteiger partial charge on any atom is 0.162 e. The molecule has 0 aliphatic carbocycles. The maximum atomic E-state index is 12.9. The maximum absolute atomic E-state index is 12.9. The minimum Gasteiger partial charge on any atom is -0.369 e. The van der Waals surface area contributed by atoms with Crippen LogP contribution in [0.3, 0.4) is 0 Å². The van der Waals surface area contributed by atoms with Gasteiger partial charge in [0.15, 0.2) is 5.78 Å². The summed E-state index contributed by atoms with van der Waals surface area (Å²) in [5.74, 6) is 0.929. The first-order chi connectivity index (χ1) is 20.1. The summed E-state index contributed by atoms with van der Waals surface area (Å²) in [6.07, 6.45) is 11.1. The van der Waals surface area contributed by atoms with Crippen molar-refractivity contribution in [2.75, 3.05) is 50.7 Å². The number of benzene rings is 2. The molecule has 4 heterocycles. The summed E-state index contributed by atoms with van der Waals surface area (Å²) in [4.78, 5) is 26.9. The van der Waals surface area contributed by atoms with Crippen LogP contribution in [0.1, 0.15) is 52.7 Å². The molecule has 0 unspecified atom stereocenters. The van der Waals surface area contributed by atoms with E-state index in [-0.39, 0.29) is 5.78 Å². The fourth-order valence-electron chi connectivity index (χ4n) is 6.45. The molecule has 7 heteroatoms. The molecule has 212 valence electrons. The molecule has 2 aromatic heterocycles. The summed E-state index contributed by atoms with van der Waals surface area (Å²) in [6.45, 7) is 8.30. The van der Waals surface area contributed by atoms with Crippen molar-refractivity contribution in [2.24, 2.45) is 5.92 Å². The molecule has 2 aromatic carbocycles. The number of anilines is 1. The van der Waals surface area contributed by atoms with Gasteiger partial charge in [0.05, 0.1) is 11.6 Å². The second-order valence-electron chi connectivity index (χ2n) is 11.7. The van der Waals surface area contributed by atoms with E-state index >= 15 is 0 Å². The van der Waals surface area contributed by atoms with Crippen LogP contribution in [-0.2, 0) is 13.0 Å². The highest BCUT2D eigenvalue weighted by atomic mass is 16.1. The topological polar surface area (TPSA) is 82.2 Å². The van der Waals surface area contributed by atoms with Crippen LogP contribution in [0.4, 0.5) is 5.69 Å². The lowest BCUT2D eigenvalue weighted by Gasteiger charge is -2.36. The average Bonchev–Trinajstić information content (AvgIpc) is 3.69. The lowest BCUT2D eigenvalue weighted by atomic mass is 9.90. The first kappa shape index (κ1) is 27.3. The number of Topliss-reactive ketones (excluding diaryl/α,β-unsaturated/α-hetero) is 1. The van der Waals surface area contributed by atoms with Gasteiger partial charge in [0.1, 0.15) is 0 Å². The Morgan fingerprint density at radius 1 is 0.927 bits per heavy atom. The number of ketones is 1. The molecule has 0 bridgehead atoms. The Morgan fingerprint density at radius 3 is 2.46 bits per heavy atom. The van der Waals surface area contributed by atoms with Crippen molar-refractivity contribution < 1.29 is 4.79 Å². The summed E-state index contributed by atoms with van der Waals surface area (Å²) < 4.78 is 0. The number of nitriles is 1. The van der Waals surface area contributed by atoms with Crippen molar-refractivity contribution in [3.63, 3.8) is 0 Å². The van der Waals surface area contributed by atoms with Gasteiger partial charge >= 0.3 is 0 Å². The number of hydrogen-bond acceptors (Lipinski definition) is 5. The molecule has 2 saturated heterocycles. The minimum atomic E-state index is 0.273. The third-order valence-corrected chi connectivity index (χ3v) is 9.08. The highest BCUT2D eigenvalue weighted by Crippen LogP contribution is 2.25. The van der Waals surface area contributed by atoms with Crippen LogP contribution in [0.2, 0.25) is 0 Å². The smallest absolute Gasteiger partial charge is 0.162 e. The van der Waals surface area contributed by atoms with E-state index in [0.717, 1.165) is 81.7 Å². The number of likely N-dealkylation sites (tertiary alicyclic amines) is 1. The molecule has 0 amide bonds. The molecule has 2 fully saturated rings. The van der Waals surface area contributed by atoms with Crippen molar-refractivity contribution in [2.45, 2.75) is 38.6 Å². The predicted molar refractivity (Wildman–Crippen MR) is 164 cm³/mol. The zero-order valence-corrected chi connectivity index (χ0v) is 23.8. The second kappa shape index (κ2) is 12.8. The SMILES string of the molecule is N#Cc1ccc2[nH]cc(CCN3CCN(c4ccc(C(=O)CCC5CCN(Cc6cc[nH]c6)CC5)cc4)CC3)c2c1. The number of nitrogens with one attached hydrogen (secondary N) is 2. The number of rotatable bonds is 10. The van der Waals surface area contributed by atoms with Crippen LogP contribution in [-0.4, -0.2) is 71.4 Å². The summed E-state index contributed by atoms with van der Waals surface area (Å²) in [5, 5.41) is 10.4. The first-order valence-corrected chi connectivity index (χ1v) is 15.1. The fraction of sp³-hybridized carbons (Fsp3) is 0.412. The fourth-order valence-corrected chi connectivity index (χ4v) is 6.45. The molecule has 2 aliphatic rings. The Hall–Kier alpha value is -3.86. The molecule has 7 nitrogen and oxygen atoms in total. The molecular weight excluding hydrogens is 508 g/mol. The van der Waals surface area contributed by atoms with E-state index in [1.54, 1.807) is 0 Å². The molecule has 2 N–H and O–H groups in total. The molecule has 0 atom stereocenters. The number of piperazine rings is 1. The van der Waals surface area contributed by atoms with Gasteiger partial charge in [0.2, 0.25) is 0 Å². The molecule has 2 aliphatic heterocycles. The Morgan fingerprint density at radius 2 is 1.73 bits per heavy atom. The van der Waals surface area contributed by atoms with Crippen molar-refractivity contribution in [1.82, 2.24) is 19.8 Å². The van der Waals surface area contributed by atoms with Gasteiger partial charge in [-0.2, -0.15) is 5.26 Å². The van der Waals surface area contributed by atoms with E-state index < -0.39 is 0 Å². The third-order valence-electron chi connectivity index (χ3n) is 9.08. The van der Waals surface area contributed by atoms with Crippen LogP contribution in [0.15, 0.2) is 67.1 Å². The highest BCUT2D eigenvalue weighted by molar-refractivity contribution is 5.96. The quantitative estimate of drug-likeness (QED) is 0.252. The normalized spacial score (nSPS) is 17.2. The van der Waals surface area contributed by atoms with E-state index in [9.17, 15) is 10.1 Å². The number of aromatic nitrogens is 2. The second-order valence-corrected chi connectivity index (χ2v) is 11.7. The van der Waals surface area contributed by atoms with Crippen LogP contribution in [0.5, 0.6) is 0 Å². The molecule has 0 radical (unpaired) electrons. The van der Waals surface area contributed by atoms with Gasteiger partial charge in [0, 0.05) is 86.4 Å². The van der Waals surface area contributed by atoms with Gasteiger partial charge in [-0.05, 0) is 104 Å². The molecule has 0 spiro atoms. The number of fused-ring (bicyclic) bond motifs is 1. The van der Waals surface area contributed by atoms with Gasteiger partial charge in [-0.1, -0.05) is 0 Å². The summed E-state index contributed by atoms with van der Waals surface area (Å²) in [7, 11) is 0. The Kier molecular flexibility index (Phi) is 8.50. The number of nitrogens with zero attached hydrogens (tertiary/aromatic N) is 4. The van der Waals surface area contributed by atoms with Crippen molar-refractivity contribution in [1.29, 1.82) is 5.26 Å². The minimum absolute atomic E-state index is 0.273. The Bertz CT molecular complexity index is 1470. The lowest BCUT2D eigenvalue weighted by Crippen LogP contribution is -2.47. The van der Waals surface area contributed by atoms with Crippen molar-refractivity contribution >= 4 is 22.4 Å². The first-order valence-electron chi connectivity index (χ1n) is 15.1. The lowest BCUT2D eigenvalue weighted by molar-refractivity contribution is 0.0961. The largest absolute Gasteiger partial charge is 0.369 e. The van der Waals surface area contributed by atoms with Crippen LogP contribution >= 0.6 is 0 Å². The van der Waals surface area contributed by atoms with E-state index in [1.165, 1.54) is 29.7 Å². The molecule has 6 rings (SSSR count). The van der Waals surface area contributed by atoms with Crippen molar-refractivity contribution in [3.8, 4) is 6.07 Å². The monoisotopic (exact) mass is 548 g/mol. The number of piperidine rings is 1. The van der Waals surface area contributed by atoms with E-state index in [1.807, 2.05) is 36.5 Å². The standard InChI is InChI=1S/C34H40N6O/c35-22-27-1-7-33-32(21-27)30(24-37-33)12-16-38-17-19-40(20-18-38)31-5-3-29(4-6-31)34(41)8-2-26-10-14-39(15-11-26)25-28-9-13-36-23-28/h1,3-7,9,13,21,23-24,26,36-37H,2,8,10-12,14-20,25H2. The van der Waals surface area contributed by atoms with Crippen LogP contribution < -0.4 is 4.90 Å². The number of aromatic amines is 2. The number of H-pyrrole nitrogens is 2. The zero-order valence-electron chi connectivity index (χ0n) is 23.8.